The van der Waals surface area contributed by atoms with Crippen LogP contribution < -0.4 is 5.32 Å². The first kappa shape index (κ1) is 12.3. The molecule has 3 atom stereocenters. The molecule has 0 bridgehead atoms. The monoisotopic (exact) mass is 253 g/mol. The highest BCUT2D eigenvalue weighted by Crippen LogP contribution is 2.53. The van der Waals surface area contributed by atoms with Crippen molar-refractivity contribution in [3.8, 4) is 0 Å². The molecule has 98 valence electrons. The molecule has 1 aromatic heterocycles. The van der Waals surface area contributed by atoms with Crippen molar-refractivity contribution in [2.45, 2.75) is 25.3 Å². The minimum atomic E-state index is 0.346. The van der Waals surface area contributed by atoms with E-state index in [1.54, 1.807) is 6.33 Å². The van der Waals surface area contributed by atoms with Crippen molar-refractivity contribution >= 4 is 0 Å². The van der Waals surface area contributed by atoms with Crippen LogP contribution in [-0.2, 0) is 0 Å². The minimum absolute atomic E-state index is 0.346. The largest absolute Gasteiger partial charge is 0.309 e. The molecule has 2 aromatic rings. The lowest BCUT2D eigenvalue weighted by molar-refractivity contribution is 0.475. The van der Waals surface area contributed by atoms with Crippen LogP contribution in [-0.4, -0.2) is 16.5 Å². The Morgan fingerprint density at radius 3 is 2.79 bits per heavy atom. The van der Waals surface area contributed by atoms with Gasteiger partial charge in [-0.05, 0) is 36.4 Å². The second-order valence-electron chi connectivity index (χ2n) is 5.09. The van der Waals surface area contributed by atoms with Gasteiger partial charge in [0.15, 0.2) is 0 Å². The van der Waals surface area contributed by atoms with Crippen molar-refractivity contribution in [1.29, 1.82) is 0 Å². The average molecular weight is 253 g/mol. The van der Waals surface area contributed by atoms with Gasteiger partial charge in [0.2, 0.25) is 0 Å². The van der Waals surface area contributed by atoms with E-state index in [4.69, 9.17) is 0 Å². The molecule has 1 fully saturated rings. The molecule has 1 N–H and O–H groups in total. The van der Waals surface area contributed by atoms with Gasteiger partial charge < -0.3 is 5.32 Å². The summed E-state index contributed by atoms with van der Waals surface area (Å²) in [5.41, 5.74) is 2.56. The first-order chi connectivity index (χ1) is 9.40. The zero-order valence-corrected chi connectivity index (χ0v) is 11.2. The molecular weight excluding hydrogens is 234 g/mol. The predicted octanol–water partition coefficient (Wildman–Crippen LogP) is 2.93. The summed E-state index contributed by atoms with van der Waals surface area (Å²) in [6.45, 7) is 3.11. The van der Waals surface area contributed by atoms with Gasteiger partial charge in [0, 0.05) is 6.20 Å². The predicted molar refractivity (Wildman–Crippen MR) is 75.7 cm³/mol. The Labute approximate surface area is 114 Å². The quantitative estimate of drug-likeness (QED) is 0.890. The lowest BCUT2D eigenvalue weighted by atomic mass is 10.0. The van der Waals surface area contributed by atoms with Gasteiger partial charge in [0.25, 0.3) is 0 Å². The second kappa shape index (κ2) is 5.49. The highest BCUT2D eigenvalue weighted by Gasteiger charge is 2.44. The molecule has 1 aliphatic rings. The number of rotatable bonds is 5. The number of nitrogens with zero attached hydrogens (tertiary/aromatic N) is 2. The van der Waals surface area contributed by atoms with Gasteiger partial charge in [0.05, 0.1) is 11.7 Å². The van der Waals surface area contributed by atoms with Gasteiger partial charge in [-0.2, -0.15) is 0 Å². The molecule has 0 amide bonds. The van der Waals surface area contributed by atoms with E-state index in [1.165, 1.54) is 12.0 Å². The van der Waals surface area contributed by atoms with E-state index < -0.39 is 0 Å². The lowest BCUT2D eigenvalue weighted by Crippen LogP contribution is -2.24. The SMILES string of the molecule is CCNC(c1ccncn1)C1CC1c1ccccc1. The molecule has 3 nitrogen and oxygen atoms in total. The first-order valence-corrected chi connectivity index (χ1v) is 6.94. The summed E-state index contributed by atoms with van der Waals surface area (Å²) in [4.78, 5) is 8.42. The van der Waals surface area contributed by atoms with E-state index in [1.807, 2.05) is 12.3 Å². The van der Waals surface area contributed by atoms with E-state index in [0.717, 1.165) is 12.2 Å². The third kappa shape index (κ3) is 2.66. The molecule has 3 heteroatoms. The molecule has 1 aliphatic carbocycles. The highest BCUT2D eigenvalue weighted by molar-refractivity contribution is 5.28. The average Bonchev–Trinajstić information content (AvgIpc) is 3.27. The topological polar surface area (TPSA) is 37.8 Å². The van der Waals surface area contributed by atoms with Crippen LogP contribution in [0.25, 0.3) is 0 Å². The van der Waals surface area contributed by atoms with Crippen molar-refractivity contribution in [1.82, 2.24) is 15.3 Å². The van der Waals surface area contributed by atoms with E-state index in [0.29, 0.717) is 17.9 Å². The van der Waals surface area contributed by atoms with Crippen LogP contribution in [0.3, 0.4) is 0 Å². The van der Waals surface area contributed by atoms with Crippen LogP contribution in [0.2, 0.25) is 0 Å². The number of nitrogens with one attached hydrogen (secondary N) is 1. The number of hydrogen-bond donors (Lipinski definition) is 1. The fourth-order valence-electron chi connectivity index (χ4n) is 2.85. The van der Waals surface area contributed by atoms with E-state index in [2.05, 4.69) is 52.5 Å². The Bertz CT molecular complexity index is 512. The number of hydrogen-bond acceptors (Lipinski definition) is 3. The Morgan fingerprint density at radius 2 is 2.11 bits per heavy atom. The number of aromatic nitrogens is 2. The maximum atomic E-state index is 4.41. The van der Waals surface area contributed by atoms with Crippen molar-refractivity contribution in [3.63, 3.8) is 0 Å². The Balaban J connectivity index is 1.77. The molecule has 1 heterocycles. The summed E-state index contributed by atoms with van der Waals surface area (Å²) in [6, 6.07) is 13.1. The van der Waals surface area contributed by atoms with Crippen LogP contribution >= 0.6 is 0 Å². The third-order valence-electron chi connectivity index (χ3n) is 3.84. The Morgan fingerprint density at radius 1 is 1.26 bits per heavy atom. The lowest BCUT2D eigenvalue weighted by Gasteiger charge is -2.17. The molecule has 1 saturated carbocycles. The molecule has 19 heavy (non-hydrogen) atoms. The minimum Gasteiger partial charge on any atom is -0.309 e. The fourth-order valence-corrected chi connectivity index (χ4v) is 2.85. The van der Waals surface area contributed by atoms with Gasteiger partial charge >= 0.3 is 0 Å². The van der Waals surface area contributed by atoms with Crippen LogP contribution in [0.5, 0.6) is 0 Å². The Kier molecular flexibility index (Phi) is 3.56. The Hall–Kier alpha value is -1.74. The smallest absolute Gasteiger partial charge is 0.115 e. The van der Waals surface area contributed by atoms with Gasteiger partial charge in [-0.1, -0.05) is 37.3 Å². The van der Waals surface area contributed by atoms with Crippen LogP contribution in [0.1, 0.15) is 36.6 Å². The van der Waals surface area contributed by atoms with Crippen LogP contribution in [0.4, 0.5) is 0 Å². The standard InChI is InChI=1S/C16H19N3/c1-2-18-16(15-8-9-17-11-19-15)14-10-13(14)12-6-4-3-5-7-12/h3-9,11,13-14,16,18H,2,10H2,1H3. The van der Waals surface area contributed by atoms with Crippen molar-refractivity contribution < 1.29 is 0 Å². The maximum absolute atomic E-state index is 4.41. The van der Waals surface area contributed by atoms with Crippen LogP contribution in [0.15, 0.2) is 48.9 Å². The van der Waals surface area contributed by atoms with Gasteiger partial charge in [-0.25, -0.2) is 9.97 Å². The summed E-state index contributed by atoms with van der Waals surface area (Å²) in [7, 11) is 0. The summed E-state index contributed by atoms with van der Waals surface area (Å²) in [5.74, 6) is 1.32. The van der Waals surface area contributed by atoms with Crippen LogP contribution in [0, 0.1) is 5.92 Å². The maximum Gasteiger partial charge on any atom is 0.115 e. The second-order valence-corrected chi connectivity index (χ2v) is 5.09. The van der Waals surface area contributed by atoms with Gasteiger partial charge in [-0.3, -0.25) is 0 Å². The van der Waals surface area contributed by atoms with Gasteiger partial charge in [-0.15, -0.1) is 0 Å². The molecule has 0 radical (unpaired) electrons. The molecule has 0 spiro atoms. The fraction of sp³-hybridized carbons (Fsp3) is 0.375. The zero-order valence-electron chi connectivity index (χ0n) is 11.2. The molecule has 3 unspecified atom stereocenters. The highest BCUT2D eigenvalue weighted by atomic mass is 15.0. The van der Waals surface area contributed by atoms with Crippen molar-refractivity contribution in [3.05, 3.63) is 60.2 Å². The van der Waals surface area contributed by atoms with E-state index >= 15 is 0 Å². The molecular formula is C16H19N3. The normalized spacial score (nSPS) is 23.0. The third-order valence-corrected chi connectivity index (χ3v) is 3.84. The first-order valence-electron chi connectivity index (χ1n) is 6.94. The summed E-state index contributed by atoms with van der Waals surface area (Å²) < 4.78 is 0. The van der Waals surface area contributed by atoms with Crippen molar-refractivity contribution in [2.24, 2.45) is 5.92 Å². The molecule has 0 aliphatic heterocycles. The van der Waals surface area contributed by atoms with Crippen molar-refractivity contribution in [2.75, 3.05) is 6.54 Å². The molecule has 1 aromatic carbocycles. The zero-order chi connectivity index (χ0) is 13.1. The summed E-state index contributed by atoms with van der Waals surface area (Å²) in [5, 5.41) is 3.57. The summed E-state index contributed by atoms with van der Waals surface area (Å²) in [6.07, 6.45) is 4.71. The number of benzene rings is 1. The molecule has 3 rings (SSSR count). The summed E-state index contributed by atoms with van der Waals surface area (Å²) >= 11 is 0. The van der Waals surface area contributed by atoms with Gasteiger partial charge in [0.1, 0.15) is 6.33 Å². The molecule has 0 saturated heterocycles. The van der Waals surface area contributed by atoms with E-state index in [9.17, 15) is 0 Å². The van der Waals surface area contributed by atoms with E-state index in [-0.39, 0.29) is 0 Å².